The number of aryl methyl sites for hydroxylation is 1. The molecule has 1 rings (SSSR count). The number of aliphatic hydroxyl groups excluding tert-OH is 1. The van der Waals surface area contributed by atoms with Crippen LogP contribution in [0.15, 0.2) is 12.7 Å². The summed E-state index contributed by atoms with van der Waals surface area (Å²) >= 11 is 0. The van der Waals surface area contributed by atoms with Gasteiger partial charge in [-0.15, -0.1) is 0 Å². The zero-order valence-electron chi connectivity index (χ0n) is 8.76. The van der Waals surface area contributed by atoms with Crippen molar-refractivity contribution in [3.63, 3.8) is 0 Å². The number of aromatic nitrogens is 3. The van der Waals surface area contributed by atoms with Crippen molar-refractivity contribution in [2.75, 3.05) is 6.61 Å². The molecular weight excluding hydrogens is 196 g/mol. The third-order valence-electron chi connectivity index (χ3n) is 2.11. The second-order valence-corrected chi connectivity index (χ2v) is 3.26. The maximum Gasteiger partial charge on any atom is 0.222 e. The molecule has 1 aromatic rings. The number of carbonyl (C=O) groups excluding carboxylic acids is 1. The molecule has 0 aliphatic heterocycles. The molecule has 15 heavy (non-hydrogen) atoms. The van der Waals surface area contributed by atoms with E-state index in [4.69, 9.17) is 5.11 Å². The standard InChI is InChI=1S/C9H16N4O2/c1-2-8(5-14)12-9(15)3-4-13-7-10-6-11-13/h6-8,14H,2-5H2,1H3,(H,12,15). The molecule has 0 bridgehead atoms. The van der Waals surface area contributed by atoms with Gasteiger partial charge in [-0.25, -0.2) is 4.98 Å². The van der Waals surface area contributed by atoms with Crippen LogP contribution in [0.25, 0.3) is 0 Å². The highest BCUT2D eigenvalue weighted by Gasteiger charge is 2.08. The van der Waals surface area contributed by atoms with Gasteiger partial charge < -0.3 is 10.4 Å². The number of amides is 1. The van der Waals surface area contributed by atoms with Gasteiger partial charge >= 0.3 is 0 Å². The zero-order chi connectivity index (χ0) is 11.1. The number of hydrogen-bond acceptors (Lipinski definition) is 4. The van der Waals surface area contributed by atoms with Crippen LogP contribution in [0.2, 0.25) is 0 Å². The number of rotatable bonds is 6. The highest BCUT2D eigenvalue weighted by molar-refractivity contribution is 5.76. The Morgan fingerprint density at radius 2 is 2.47 bits per heavy atom. The van der Waals surface area contributed by atoms with Gasteiger partial charge in [-0.2, -0.15) is 5.10 Å². The molecule has 6 nitrogen and oxygen atoms in total. The van der Waals surface area contributed by atoms with Crippen LogP contribution in [0.5, 0.6) is 0 Å². The number of nitrogens with zero attached hydrogens (tertiary/aromatic N) is 3. The maximum absolute atomic E-state index is 11.4. The van der Waals surface area contributed by atoms with Crippen LogP contribution >= 0.6 is 0 Å². The van der Waals surface area contributed by atoms with Crippen molar-refractivity contribution in [2.45, 2.75) is 32.4 Å². The first-order chi connectivity index (χ1) is 7.26. The minimum Gasteiger partial charge on any atom is -0.394 e. The minimum absolute atomic E-state index is 0.0223. The highest BCUT2D eigenvalue weighted by Crippen LogP contribution is 1.92. The molecule has 0 spiro atoms. The highest BCUT2D eigenvalue weighted by atomic mass is 16.3. The fraction of sp³-hybridized carbons (Fsp3) is 0.667. The SMILES string of the molecule is CCC(CO)NC(=O)CCn1cncn1. The topological polar surface area (TPSA) is 80.0 Å². The smallest absolute Gasteiger partial charge is 0.222 e. The third-order valence-corrected chi connectivity index (χ3v) is 2.11. The predicted molar refractivity (Wildman–Crippen MR) is 53.9 cm³/mol. The van der Waals surface area contributed by atoms with Gasteiger partial charge in [0.1, 0.15) is 12.7 Å². The van der Waals surface area contributed by atoms with E-state index in [1.807, 2.05) is 6.92 Å². The first kappa shape index (κ1) is 11.6. The Labute approximate surface area is 88.3 Å². The molecule has 1 atom stereocenters. The van der Waals surface area contributed by atoms with Crippen molar-refractivity contribution in [3.8, 4) is 0 Å². The van der Waals surface area contributed by atoms with E-state index in [0.717, 1.165) is 6.42 Å². The summed E-state index contributed by atoms with van der Waals surface area (Å²) in [7, 11) is 0. The lowest BCUT2D eigenvalue weighted by Crippen LogP contribution is -2.37. The fourth-order valence-corrected chi connectivity index (χ4v) is 1.14. The van der Waals surface area contributed by atoms with Crippen LogP contribution in [-0.4, -0.2) is 38.4 Å². The van der Waals surface area contributed by atoms with Crippen molar-refractivity contribution < 1.29 is 9.90 Å². The molecule has 1 aromatic heterocycles. The van der Waals surface area contributed by atoms with Crippen LogP contribution < -0.4 is 5.32 Å². The molecule has 1 amide bonds. The Hall–Kier alpha value is -1.43. The van der Waals surface area contributed by atoms with E-state index in [-0.39, 0.29) is 18.6 Å². The summed E-state index contributed by atoms with van der Waals surface area (Å²) in [6, 6.07) is -0.145. The third kappa shape index (κ3) is 4.07. The van der Waals surface area contributed by atoms with Gasteiger partial charge in [0.2, 0.25) is 5.91 Å². The lowest BCUT2D eigenvalue weighted by Gasteiger charge is -2.13. The summed E-state index contributed by atoms with van der Waals surface area (Å²) in [6.07, 6.45) is 4.07. The average molecular weight is 212 g/mol. The first-order valence-electron chi connectivity index (χ1n) is 4.99. The summed E-state index contributed by atoms with van der Waals surface area (Å²) in [6.45, 7) is 2.40. The average Bonchev–Trinajstić information content (AvgIpc) is 2.75. The summed E-state index contributed by atoms with van der Waals surface area (Å²) in [4.78, 5) is 15.2. The van der Waals surface area contributed by atoms with Gasteiger partial charge in [0, 0.05) is 6.42 Å². The Morgan fingerprint density at radius 3 is 3.00 bits per heavy atom. The Morgan fingerprint density at radius 1 is 1.67 bits per heavy atom. The Bertz CT molecular complexity index is 282. The molecule has 0 aliphatic rings. The van der Waals surface area contributed by atoms with E-state index in [0.29, 0.717) is 13.0 Å². The molecule has 0 aliphatic carbocycles. The first-order valence-corrected chi connectivity index (χ1v) is 4.99. The number of carbonyl (C=O) groups is 1. The molecule has 1 unspecified atom stereocenters. The molecule has 0 saturated heterocycles. The summed E-state index contributed by atoms with van der Waals surface area (Å²) < 4.78 is 1.60. The Balaban J connectivity index is 2.24. The normalized spacial score (nSPS) is 12.4. The quantitative estimate of drug-likeness (QED) is 0.669. The molecule has 0 aromatic carbocycles. The number of nitrogens with one attached hydrogen (secondary N) is 1. The van der Waals surface area contributed by atoms with Gasteiger partial charge in [0.05, 0.1) is 19.2 Å². The zero-order valence-corrected chi connectivity index (χ0v) is 8.76. The lowest BCUT2D eigenvalue weighted by molar-refractivity contribution is -0.122. The van der Waals surface area contributed by atoms with Crippen LogP contribution in [0.3, 0.4) is 0 Å². The molecular formula is C9H16N4O2. The van der Waals surface area contributed by atoms with Crippen LogP contribution in [0.1, 0.15) is 19.8 Å². The summed E-state index contributed by atoms with van der Waals surface area (Å²) in [5.74, 6) is -0.0774. The van der Waals surface area contributed by atoms with Crippen molar-refractivity contribution >= 4 is 5.91 Å². The molecule has 0 fully saturated rings. The van der Waals surface area contributed by atoms with Gasteiger partial charge in [-0.3, -0.25) is 9.48 Å². The Kier molecular flexibility index (Phi) is 4.76. The molecule has 6 heteroatoms. The van der Waals surface area contributed by atoms with E-state index >= 15 is 0 Å². The molecule has 2 N–H and O–H groups in total. The van der Waals surface area contributed by atoms with E-state index in [1.54, 1.807) is 11.0 Å². The van der Waals surface area contributed by atoms with Crippen molar-refractivity contribution in [3.05, 3.63) is 12.7 Å². The van der Waals surface area contributed by atoms with Gasteiger partial charge in [0.15, 0.2) is 0 Å². The number of aliphatic hydroxyl groups is 1. The second-order valence-electron chi connectivity index (χ2n) is 3.26. The molecule has 84 valence electrons. The molecule has 0 radical (unpaired) electrons. The van der Waals surface area contributed by atoms with E-state index in [9.17, 15) is 4.79 Å². The van der Waals surface area contributed by atoms with Crippen LogP contribution in [-0.2, 0) is 11.3 Å². The largest absolute Gasteiger partial charge is 0.394 e. The van der Waals surface area contributed by atoms with E-state index in [2.05, 4.69) is 15.4 Å². The van der Waals surface area contributed by atoms with E-state index < -0.39 is 0 Å². The van der Waals surface area contributed by atoms with E-state index in [1.165, 1.54) is 6.33 Å². The monoisotopic (exact) mass is 212 g/mol. The second kappa shape index (κ2) is 6.13. The molecule has 1 heterocycles. The maximum atomic E-state index is 11.4. The lowest BCUT2D eigenvalue weighted by atomic mass is 10.2. The summed E-state index contributed by atoms with van der Waals surface area (Å²) in [5, 5.41) is 15.5. The predicted octanol–water partition coefficient (Wildman–Crippen LogP) is -0.445. The fourth-order valence-electron chi connectivity index (χ4n) is 1.14. The van der Waals surface area contributed by atoms with Gasteiger partial charge in [-0.1, -0.05) is 6.92 Å². The van der Waals surface area contributed by atoms with Crippen molar-refractivity contribution in [2.24, 2.45) is 0 Å². The van der Waals surface area contributed by atoms with Crippen LogP contribution in [0, 0.1) is 0 Å². The minimum atomic E-state index is -0.145. The summed E-state index contributed by atoms with van der Waals surface area (Å²) in [5.41, 5.74) is 0. The van der Waals surface area contributed by atoms with Gasteiger partial charge in [0.25, 0.3) is 0 Å². The van der Waals surface area contributed by atoms with Crippen molar-refractivity contribution in [1.29, 1.82) is 0 Å². The van der Waals surface area contributed by atoms with Gasteiger partial charge in [-0.05, 0) is 6.42 Å². The molecule has 0 saturated carbocycles. The van der Waals surface area contributed by atoms with Crippen LogP contribution in [0.4, 0.5) is 0 Å². The number of hydrogen-bond donors (Lipinski definition) is 2. The van der Waals surface area contributed by atoms with Crippen molar-refractivity contribution in [1.82, 2.24) is 20.1 Å².